The van der Waals surface area contributed by atoms with Gasteiger partial charge < -0.3 is 19.5 Å². The number of halogens is 3. The number of carbonyl (C=O) groups is 1. The molecule has 0 aliphatic heterocycles. The van der Waals surface area contributed by atoms with E-state index >= 15 is 4.39 Å². The van der Waals surface area contributed by atoms with Gasteiger partial charge in [-0.1, -0.05) is 19.1 Å². The zero-order chi connectivity index (χ0) is 26.5. The van der Waals surface area contributed by atoms with Crippen molar-refractivity contribution in [3.8, 4) is 16.8 Å². The molecule has 0 aliphatic rings. The molecule has 1 unspecified atom stereocenters. The van der Waals surface area contributed by atoms with Crippen molar-refractivity contribution < 1.29 is 32.9 Å². The number of carboxylic acid groups (broad SMARTS) is 1. The number of aromatic nitrogens is 3. The van der Waals surface area contributed by atoms with Crippen molar-refractivity contribution in [1.82, 2.24) is 14.8 Å². The van der Waals surface area contributed by atoms with Gasteiger partial charge in [0.15, 0.2) is 17.5 Å². The second-order valence-corrected chi connectivity index (χ2v) is 8.78. The quantitative estimate of drug-likeness (QED) is 0.268. The maximum atomic E-state index is 16.2. The predicted octanol–water partition coefficient (Wildman–Crippen LogP) is 5.53. The van der Waals surface area contributed by atoms with Crippen molar-refractivity contribution >= 4 is 27.8 Å². The maximum absolute atomic E-state index is 16.2. The number of hydrogen-bond acceptors (Lipinski definition) is 4. The minimum Gasteiger partial charge on any atom is -0.478 e. The third kappa shape index (κ3) is 3.85. The molecule has 5 aromatic rings. The van der Waals surface area contributed by atoms with E-state index in [0.717, 1.165) is 12.1 Å². The first-order valence-corrected chi connectivity index (χ1v) is 11.4. The molecule has 0 bridgehead atoms. The highest BCUT2D eigenvalue weighted by Gasteiger charge is 2.38. The summed E-state index contributed by atoms with van der Waals surface area (Å²) in [4.78, 5) is 11.4. The molecule has 0 fully saturated rings. The van der Waals surface area contributed by atoms with Crippen LogP contribution in [0, 0.1) is 17.5 Å². The van der Waals surface area contributed by atoms with Gasteiger partial charge in [0.2, 0.25) is 0 Å². The number of fused-ring (bicyclic) bond motifs is 2. The van der Waals surface area contributed by atoms with E-state index in [4.69, 9.17) is 4.74 Å². The molecular weight excluding hydrogens is 487 g/mol. The highest BCUT2D eigenvalue weighted by Crippen LogP contribution is 2.46. The molecule has 2 heterocycles. The van der Waals surface area contributed by atoms with Crippen LogP contribution in [-0.4, -0.2) is 44.7 Å². The third-order valence-corrected chi connectivity index (χ3v) is 6.60. The van der Waals surface area contributed by atoms with Gasteiger partial charge in [0.25, 0.3) is 0 Å². The summed E-state index contributed by atoms with van der Waals surface area (Å²) in [6.45, 7) is 1.53. The largest absolute Gasteiger partial charge is 0.478 e. The molecule has 3 N–H and O–H groups in total. The van der Waals surface area contributed by atoms with E-state index in [1.807, 2.05) is 0 Å². The summed E-state index contributed by atoms with van der Waals surface area (Å²) in [6.07, 6.45) is 1.56. The van der Waals surface area contributed by atoms with Gasteiger partial charge in [-0.2, -0.15) is 5.10 Å². The Balaban J connectivity index is 2.01. The topological polar surface area (TPSA) is 100 Å². The second-order valence-electron chi connectivity index (χ2n) is 8.78. The average molecular weight is 509 g/mol. The standard InChI is InChI=1S/C27H22F3N3O4/c1-3-27(36,13-37-2)25-21(14-4-6-15(7-5-14)26(34)35)22-20(10-16-12-31-32-24(16)23(22)30)33(25)17-8-9-18(28)19(29)11-17/h4-12,36H,3,13H2,1-2H3,(H,31,32)(H,34,35). The molecule has 0 saturated carbocycles. The van der Waals surface area contributed by atoms with E-state index in [1.165, 1.54) is 48.2 Å². The van der Waals surface area contributed by atoms with Crippen LogP contribution in [0.4, 0.5) is 13.2 Å². The highest BCUT2D eigenvalue weighted by molar-refractivity contribution is 6.06. The molecule has 37 heavy (non-hydrogen) atoms. The molecule has 10 heteroatoms. The number of methoxy groups -OCH3 is 1. The van der Waals surface area contributed by atoms with E-state index in [9.17, 15) is 23.8 Å². The number of aromatic amines is 1. The first-order valence-electron chi connectivity index (χ1n) is 11.4. The Morgan fingerprint density at radius 3 is 2.46 bits per heavy atom. The van der Waals surface area contributed by atoms with Crippen LogP contribution < -0.4 is 0 Å². The van der Waals surface area contributed by atoms with Crippen molar-refractivity contribution in [2.75, 3.05) is 13.7 Å². The summed E-state index contributed by atoms with van der Waals surface area (Å²) in [5.74, 6) is -3.97. The zero-order valence-corrected chi connectivity index (χ0v) is 19.8. The van der Waals surface area contributed by atoms with Crippen molar-refractivity contribution in [3.05, 3.63) is 83.4 Å². The van der Waals surface area contributed by atoms with E-state index in [-0.39, 0.29) is 52.0 Å². The minimum atomic E-state index is -1.70. The minimum absolute atomic E-state index is 0.0220. The van der Waals surface area contributed by atoms with Gasteiger partial charge in [-0.25, -0.2) is 18.0 Å². The normalized spacial score (nSPS) is 13.4. The molecule has 0 spiro atoms. The Hall–Kier alpha value is -4.15. The lowest BCUT2D eigenvalue weighted by molar-refractivity contribution is -0.0422. The number of carboxylic acids is 1. The van der Waals surface area contributed by atoms with Gasteiger partial charge >= 0.3 is 5.97 Å². The van der Waals surface area contributed by atoms with Crippen LogP contribution in [0.2, 0.25) is 0 Å². The Labute approximate surface area is 208 Å². The summed E-state index contributed by atoms with van der Waals surface area (Å²) in [7, 11) is 1.40. The first kappa shape index (κ1) is 24.5. The fourth-order valence-electron chi connectivity index (χ4n) is 4.77. The number of rotatable bonds is 7. The number of aromatic carboxylic acids is 1. The van der Waals surface area contributed by atoms with Crippen LogP contribution in [0.1, 0.15) is 29.4 Å². The molecule has 0 radical (unpaired) electrons. The predicted molar refractivity (Wildman–Crippen MR) is 131 cm³/mol. The average Bonchev–Trinajstić information content (AvgIpc) is 3.49. The smallest absolute Gasteiger partial charge is 0.335 e. The second kappa shape index (κ2) is 9.06. The van der Waals surface area contributed by atoms with Gasteiger partial charge in [-0.05, 0) is 42.3 Å². The Bertz CT molecular complexity index is 1660. The van der Waals surface area contributed by atoms with Crippen LogP contribution in [0.5, 0.6) is 0 Å². The van der Waals surface area contributed by atoms with Gasteiger partial charge in [-0.15, -0.1) is 0 Å². The third-order valence-electron chi connectivity index (χ3n) is 6.60. The SMILES string of the molecule is CCC(O)(COC)c1c(-c2ccc(C(=O)O)cc2)c2c(F)c3[nH]ncc3cc2n1-c1ccc(F)c(F)c1. The van der Waals surface area contributed by atoms with Crippen molar-refractivity contribution in [2.24, 2.45) is 0 Å². The lowest BCUT2D eigenvalue weighted by Gasteiger charge is -2.29. The lowest BCUT2D eigenvalue weighted by Crippen LogP contribution is -2.33. The molecule has 7 nitrogen and oxygen atoms in total. The highest BCUT2D eigenvalue weighted by atomic mass is 19.2. The van der Waals surface area contributed by atoms with Gasteiger partial charge in [0, 0.05) is 35.2 Å². The summed E-state index contributed by atoms with van der Waals surface area (Å²) in [6, 6.07) is 10.7. The fraction of sp³-hybridized carbons (Fsp3) is 0.185. The molecule has 0 saturated heterocycles. The van der Waals surface area contributed by atoms with E-state index in [0.29, 0.717) is 10.9 Å². The fourth-order valence-corrected chi connectivity index (χ4v) is 4.77. The Kier molecular flexibility index (Phi) is 6.01. The Morgan fingerprint density at radius 2 is 1.84 bits per heavy atom. The van der Waals surface area contributed by atoms with E-state index in [1.54, 1.807) is 13.0 Å². The molecule has 1 atom stereocenters. The maximum Gasteiger partial charge on any atom is 0.335 e. The number of nitrogens with zero attached hydrogens (tertiary/aromatic N) is 2. The molecular formula is C27H22F3N3O4. The summed E-state index contributed by atoms with van der Waals surface area (Å²) >= 11 is 0. The number of ether oxygens (including phenoxy) is 1. The molecule has 0 amide bonds. The number of hydrogen-bond donors (Lipinski definition) is 3. The van der Waals surface area contributed by atoms with Crippen molar-refractivity contribution in [3.63, 3.8) is 0 Å². The van der Waals surface area contributed by atoms with Crippen LogP contribution in [0.15, 0.2) is 54.7 Å². The summed E-state index contributed by atoms with van der Waals surface area (Å²) in [5, 5.41) is 28.3. The van der Waals surface area contributed by atoms with Gasteiger partial charge in [0.05, 0.1) is 29.6 Å². The van der Waals surface area contributed by atoms with Crippen LogP contribution in [-0.2, 0) is 10.3 Å². The number of benzene rings is 3. The van der Waals surface area contributed by atoms with E-state index in [2.05, 4.69) is 10.2 Å². The van der Waals surface area contributed by atoms with Crippen LogP contribution in [0.3, 0.4) is 0 Å². The van der Waals surface area contributed by atoms with Gasteiger partial charge in [0.1, 0.15) is 11.1 Å². The van der Waals surface area contributed by atoms with Crippen molar-refractivity contribution in [1.29, 1.82) is 0 Å². The van der Waals surface area contributed by atoms with E-state index < -0.39 is 29.0 Å². The van der Waals surface area contributed by atoms with Crippen molar-refractivity contribution in [2.45, 2.75) is 18.9 Å². The molecule has 3 aromatic carbocycles. The molecule has 2 aromatic heterocycles. The van der Waals surface area contributed by atoms with Crippen LogP contribution in [0.25, 0.3) is 38.6 Å². The van der Waals surface area contributed by atoms with Crippen LogP contribution >= 0.6 is 0 Å². The molecule has 5 rings (SSSR count). The molecule has 190 valence electrons. The monoisotopic (exact) mass is 509 g/mol. The Morgan fingerprint density at radius 1 is 1.11 bits per heavy atom. The summed E-state index contributed by atoms with van der Waals surface area (Å²) in [5.41, 5.74) is -0.284. The summed E-state index contributed by atoms with van der Waals surface area (Å²) < 4.78 is 51.3. The molecule has 0 aliphatic carbocycles. The number of nitrogens with one attached hydrogen (secondary N) is 1. The number of H-pyrrole nitrogens is 1. The number of aliphatic hydroxyl groups is 1. The zero-order valence-electron chi connectivity index (χ0n) is 19.8. The first-order chi connectivity index (χ1) is 17.7. The van der Waals surface area contributed by atoms with Gasteiger partial charge in [-0.3, -0.25) is 5.10 Å². The lowest BCUT2D eigenvalue weighted by atomic mass is 9.89.